The van der Waals surface area contributed by atoms with Crippen LogP contribution in [0.25, 0.3) is 11.1 Å². The number of aliphatic carboxylic acids is 1. The van der Waals surface area contributed by atoms with E-state index >= 15 is 0 Å². The van der Waals surface area contributed by atoms with Crippen molar-refractivity contribution in [3.05, 3.63) is 47.5 Å². The number of likely N-dealkylation sites (N-methyl/N-ethyl adjacent to an activating group) is 1. The van der Waals surface area contributed by atoms with Crippen LogP contribution >= 0.6 is 0 Å². The predicted molar refractivity (Wildman–Crippen MR) is 178 cm³/mol. The first-order chi connectivity index (χ1) is 22.9. The molecule has 48 heavy (non-hydrogen) atoms. The number of carbonyl (C=O) groups is 5. The second kappa shape index (κ2) is 18.0. The highest BCUT2D eigenvalue weighted by Crippen LogP contribution is 2.38. The van der Waals surface area contributed by atoms with Crippen LogP contribution in [0.4, 0.5) is 0 Å². The number of phenols is 2. The number of amides is 4. The van der Waals surface area contributed by atoms with Gasteiger partial charge in [0, 0.05) is 31.0 Å². The fraction of sp³-hybridized carbons (Fsp3) is 0.500. The molecule has 2 aromatic carbocycles. The standard InChI is InChI=1S/C34H48N6O8/c1-3-4-5-6-7-11-28(43)37-24(10-8-9-16-35)33(46)40(2)29-21-13-15-27(42)23(19-21)22-17-20(12-14-26(22)41)18-25(34(47)48)38-32(45)30(36)39-31(29)44/h12-15,17,19,24-25,29-30,41-42H,3-11,16,18,35-36H2,1-2H3,(H,37,43)(H,38,45)(H,39,44)(H,47,48)/t24-,25-,29-,30+/m0/s1. The quantitative estimate of drug-likeness (QED) is 0.136. The monoisotopic (exact) mass is 668 g/mol. The average Bonchev–Trinajstić information content (AvgIpc) is 3.04. The van der Waals surface area contributed by atoms with E-state index in [1.807, 2.05) is 0 Å². The summed E-state index contributed by atoms with van der Waals surface area (Å²) in [5.74, 6) is -4.59. The first-order valence-corrected chi connectivity index (χ1v) is 16.4. The van der Waals surface area contributed by atoms with Gasteiger partial charge in [0.1, 0.15) is 29.6 Å². The molecule has 0 unspecified atom stereocenters. The summed E-state index contributed by atoms with van der Waals surface area (Å²) in [5, 5.41) is 38.9. The maximum Gasteiger partial charge on any atom is 0.326 e. The van der Waals surface area contributed by atoms with E-state index in [-0.39, 0.29) is 53.4 Å². The third kappa shape index (κ3) is 10.2. The number of carbonyl (C=O) groups excluding carboxylic acids is 4. The highest BCUT2D eigenvalue weighted by Gasteiger charge is 2.36. The van der Waals surface area contributed by atoms with Gasteiger partial charge in [-0.25, -0.2) is 4.79 Å². The zero-order chi connectivity index (χ0) is 35.4. The van der Waals surface area contributed by atoms with Crippen LogP contribution in [0.15, 0.2) is 36.4 Å². The number of unbranched alkanes of at least 4 members (excludes halogenated alkanes) is 5. The zero-order valence-corrected chi connectivity index (χ0v) is 27.5. The molecule has 10 N–H and O–H groups in total. The van der Waals surface area contributed by atoms with Crippen molar-refractivity contribution in [2.75, 3.05) is 13.6 Å². The third-order valence-electron chi connectivity index (χ3n) is 8.39. The van der Waals surface area contributed by atoms with E-state index in [1.165, 1.54) is 43.4 Å². The smallest absolute Gasteiger partial charge is 0.326 e. The fourth-order valence-corrected chi connectivity index (χ4v) is 5.69. The van der Waals surface area contributed by atoms with Crippen LogP contribution in [0.2, 0.25) is 0 Å². The summed E-state index contributed by atoms with van der Waals surface area (Å²) in [5.41, 5.74) is 12.5. The summed E-state index contributed by atoms with van der Waals surface area (Å²) in [4.78, 5) is 66.9. The van der Waals surface area contributed by atoms with Gasteiger partial charge in [0.15, 0.2) is 6.17 Å². The predicted octanol–water partition coefficient (Wildman–Crippen LogP) is 1.77. The molecule has 0 aromatic heterocycles. The minimum absolute atomic E-state index is 0.110. The lowest BCUT2D eigenvalue weighted by molar-refractivity contribution is -0.144. The Morgan fingerprint density at radius 1 is 0.938 bits per heavy atom. The Kier molecular flexibility index (Phi) is 14.2. The van der Waals surface area contributed by atoms with Crippen molar-refractivity contribution >= 4 is 29.6 Å². The number of carboxylic acids is 1. The number of fused-ring (bicyclic) bond motifs is 5. The van der Waals surface area contributed by atoms with E-state index in [0.717, 1.165) is 30.6 Å². The van der Waals surface area contributed by atoms with Crippen molar-refractivity contribution in [1.82, 2.24) is 20.9 Å². The number of nitrogens with zero attached hydrogens (tertiary/aromatic N) is 1. The first-order valence-electron chi connectivity index (χ1n) is 16.4. The SMILES string of the molecule is CCCCCCCC(=O)N[C@@H](CCCCN)C(=O)N(C)[C@@H]1C(=O)N[C@@H](N)C(=O)N[C@H](C(=O)O)Cc2ccc(O)c(c2)-c2cc1ccc2O. The lowest BCUT2D eigenvalue weighted by atomic mass is 9.93. The maximum absolute atomic E-state index is 14.1. The van der Waals surface area contributed by atoms with Crippen LogP contribution < -0.4 is 27.4 Å². The van der Waals surface area contributed by atoms with E-state index in [9.17, 15) is 39.3 Å². The highest BCUT2D eigenvalue weighted by molar-refractivity contribution is 5.95. The molecule has 14 nitrogen and oxygen atoms in total. The molecule has 262 valence electrons. The van der Waals surface area contributed by atoms with E-state index in [2.05, 4.69) is 22.9 Å². The van der Waals surface area contributed by atoms with E-state index in [4.69, 9.17) is 11.5 Å². The van der Waals surface area contributed by atoms with Gasteiger partial charge in [-0.05, 0) is 67.6 Å². The molecule has 3 rings (SSSR count). The van der Waals surface area contributed by atoms with Gasteiger partial charge in [0.25, 0.3) is 5.91 Å². The molecule has 14 heteroatoms. The Labute approximate surface area is 280 Å². The topological polar surface area (TPSA) is 237 Å². The van der Waals surface area contributed by atoms with Crippen LogP contribution in [-0.2, 0) is 30.4 Å². The molecule has 0 saturated carbocycles. The average molecular weight is 669 g/mol. The Bertz CT molecular complexity index is 1470. The third-order valence-corrected chi connectivity index (χ3v) is 8.39. The van der Waals surface area contributed by atoms with E-state index in [1.54, 1.807) is 0 Å². The lowest BCUT2D eigenvalue weighted by Crippen LogP contribution is -2.58. The number of phenolic OH excluding ortho intramolecular Hbond substituents is 2. The Morgan fingerprint density at radius 3 is 2.27 bits per heavy atom. The molecular formula is C34H48N6O8. The molecule has 0 saturated heterocycles. The van der Waals surface area contributed by atoms with Crippen molar-refractivity contribution < 1.29 is 39.3 Å². The molecule has 0 spiro atoms. The summed E-state index contributed by atoms with van der Waals surface area (Å²) in [7, 11) is 1.37. The Balaban J connectivity index is 2.04. The van der Waals surface area contributed by atoms with Crippen molar-refractivity contribution in [2.24, 2.45) is 11.5 Å². The molecule has 0 fully saturated rings. The van der Waals surface area contributed by atoms with Crippen molar-refractivity contribution in [2.45, 2.75) is 95.4 Å². The number of benzene rings is 2. The van der Waals surface area contributed by atoms with Gasteiger partial charge in [0.05, 0.1) is 0 Å². The maximum atomic E-state index is 14.1. The highest BCUT2D eigenvalue weighted by atomic mass is 16.4. The summed E-state index contributed by atoms with van der Waals surface area (Å²) in [6, 6.07) is 4.56. The van der Waals surface area contributed by atoms with Gasteiger partial charge < -0.3 is 47.6 Å². The molecular weight excluding hydrogens is 620 g/mol. The van der Waals surface area contributed by atoms with Gasteiger partial charge in [-0.15, -0.1) is 0 Å². The molecule has 1 heterocycles. The minimum Gasteiger partial charge on any atom is -0.507 e. The van der Waals surface area contributed by atoms with E-state index in [0.29, 0.717) is 31.4 Å². The molecule has 2 aromatic rings. The number of hydrogen-bond donors (Lipinski definition) is 8. The van der Waals surface area contributed by atoms with Crippen molar-refractivity contribution in [1.29, 1.82) is 0 Å². The van der Waals surface area contributed by atoms with Gasteiger partial charge >= 0.3 is 5.97 Å². The van der Waals surface area contributed by atoms with Gasteiger partial charge in [0.2, 0.25) is 17.7 Å². The van der Waals surface area contributed by atoms with Crippen LogP contribution in [0.5, 0.6) is 11.5 Å². The fourth-order valence-electron chi connectivity index (χ4n) is 5.69. The normalized spacial score (nSPS) is 18.5. The Morgan fingerprint density at radius 2 is 1.60 bits per heavy atom. The summed E-state index contributed by atoms with van der Waals surface area (Å²) in [6.45, 7) is 2.49. The molecule has 1 aliphatic rings. The second-order valence-electron chi connectivity index (χ2n) is 12.1. The van der Waals surface area contributed by atoms with Gasteiger partial charge in [-0.3, -0.25) is 19.2 Å². The number of hydrogen-bond acceptors (Lipinski definition) is 9. The summed E-state index contributed by atoms with van der Waals surface area (Å²) < 4.78 is 0. The molecule has 1 aliphatic heterocycles. The van der Waals surface area contributed by atoms with E-state index < -0.39 is 48.0 Å². The lowest BCUT2D eigenvalue weighted by Gasteiger charge is -2.32. The van der Waals surface area contributed by atoms with Crippen molar-refractivity contribution in [3.63, 3.8) is 0 Å². The first kappa shape index (κ1) is 37.8. The molecule has 0 aliphatic carbocycles. The van der Waals surface area contributed by atoms with Gasteiger partial charge in [-0.2, -0.15) is 0 Å². The number of nitrogens with two attached hydrogens (primary N) is 2. The number of carboxylic acid groups (broad SMARTS) is 1. The van der Waals surface area contributed by atoms with Crippen LogP contribution in [0.3, 0.4) is 0 Å². The van der Waals surface area contributed by atoms with Crippen LogP contribution in [0, 0.1) is 0 Å². The van der Waals surface area contributed by atoms with Crippen molar-refractivity contribution in [3.8, 4) is 22.6 Å². The molecule has 4 amide bonds. The van der Waals surface area contributed by atoms with Crippen LogP contribution in [0.1, 0.15) is 81.9 Å². The number of rotatable bonds is 14. The summed E-state index contributed by atoms with van der Waals surface area (Å²) >= 11 is 0. The number of aromatic hydroxyl groups is 2. The number of nitrogens with one attached hydrogen (secondary N) is 3. The van der Waals surface area contributed by atoms with Crippen LogP contribution in [-0.4, -0.2) is 81.7 Å². The van der Waals surface area contributed by atoms with Gasteiger partial charge in [-0.1, -0.05) is 44.7 Å². The molecule has 4 bridgehead atoms. The largest absolute Gasteiger partial charge is 0.507 e. The molecule has 4 atom stereocenters. The molecule has 0 radical (unpaired) electrons. The zero-order valence-electron chi connectivity index (χ0n) is 27.5. The summed E-state index contributed by atoms with van der Waals surface area (Å²) in [6.07, 6.45) is 4.47. The minimum atomic E-state index is -1.69. The Hall–Kier alpha value is -4.69. The second-order valence-corrected chi connectivity index (χ2v) is 12.1.